The van der Waals surface area contributed by atoms with Crippen LogP contribution >= 0.6 is 0 Å². The SMILES string of the molecule is Cc1cncc(C2=CCC=C2c2cc(F)c(S(C)(=O)=O)c(F)c2)c1. The largest absolute Gasteiger partial charge is 0.264 e. The molecule has 1 aromatic carbocycles. The number of pyridine rings is 1. The van der Waals surface area contributed by atoms with Crippen molar-refractivity contribution in [3.63, 3.8) is 0 Å². The number of allylic oxidation sites excluding steroid dienone is 4. The molecule has 6 heteroatoms. The first-order valence-electron chi connectivity index (χ1n) is 7.29. The van der Waals surface area contributed by atoms with E-state index in [4.69, 9.17) is 0 Å². The number of sulfone groups is 1. The number of benzene rings is 1. The zero-order valence-electron chi connectivity index (χ0n) is 13.2. The quantitative estimate of drug-likeness (QED) is 0.845. The molecule has 124 valence electrons. The molecule has 0 spiro atoms. The number of halogens is 2. The normalized spacial score (nSPS) is 14.5. The van der Waals surface area contributed by atoms with Crippen LogP contribution in [0.25, 0.3) is 11.1 Å². The van der Waals surface area contributed by atoms with Gasteiger partial charge < -0.3 is 0 Å². The first kappa shape index (κ1) is 16.5. The summed E-state index contributed by atoms with van der Waals surface area (Å²) in [6, 6.07) is 4.07. The molecule has 3 nitrogen and oxygen atoms in total. The summed E-state index contributed by atoms with van der Waals surface area (Å²) in [4.78, 5) is 3.25. The monoisotopic (exact) mass is 347 g/mol. The summed E-state index contributed by atoms with van der Waals surface area (Å²) < 4.78 is 51.4. The molecular weight excluding hydrogens is 332 g/mol. The van der Waals surface area contributed by atoms with Gasteiger partial charge >= 0.3 is 0 Å². The van der Waals surface area contributed by atoms with E-state index < -0.39 is 26.4 Å². The lowest BCUT2D eigenvalue weighted by molar-refractivity contribution is 0.521. The average molecular weight is 347 g/mol. The summed E-state index contributed by atoms with van der Waals surface area (Å²) in [5.74, 6) is -2.16. The topological polar surface area (TPSA) is 47.0 Å². The van der Waals surface area contributed by atoms with E-state index in [1.165, 1.54) is 0 Å². The Morgan fingerprint density at radius 3 is 2.08 bits per heavy atom. The Hall–Kier alpha value is -2.34. The van der Waals surface area contributed by atoms with Crippen LogP contribution in [0.5, 0.6) is 0 Å². The van der Waals surface area contributed by atoms with E-state index >= 15 is 0 Å². The molecule has 1 aliphatic rings. The summed E-state index contributed by atoms with van der Waals surface area (Å²) in [7, 11) is -3.97. The van der Waals surface area contributed by atoms with E-state index in [0.717, 1.165) is 35.1 Å². The Bertz CT molecular complexity index is 969. The fraction of sp³-hybridized carbons (Fsp3) is 0.167. The standard InChI is InChI=1S/C18H15F2NO2S/c1-11-6-13(10-21-9-11)15-5-3-4-14(15)12-7-16(19)18(17(20)8-12)24(2,22)23/h4-10H,3H2,1-2H3. The minimum absolute atomic E-state index is 0.308. The molecule has 0 aliphatic heterocycles. The third-order valence-corrected chi connectivity index (χ3v) is 4.93. The van der Waals surface area contributed by atoms with Gasteiger partial charge in [-0.25, -0.2) is 17.2 Å². The summed E-state index contributed by atoms with van der Waals surface area (Å²) in [5, 5.41) is 0. The fourth-order valence-electron chi connectivity index (χ4n) is 2.83. The van der Waals surface area contributed by atoms with Crippen LogP contribution in [0.2, 0.25) is 0 Å². The van der Waals surface area contributed by atoms with Gasteiger partial charge in [-0.1, -0.05) is 12.2 Å². The average Bonchev–Trinajstić information content (AvgIpc) is 2.94. The zero-order chi connectivity index (χ0) is 17.5. The van der Waals surface area contributed by atoms with Crippen molar-refractivity contribution in [1.29, 1.82) is 0 Å². The summed E-state index contributed by atoms with van der Waals surface area (Å²) in [6.45, 7) is 1.91. The van der Waals surface area contributed by atoms with Crippen LogP contribution in [0, 0.1) is 18.6 Å². The number of nitrogens with zero attached hydrogens (tertiary/aromatic N) is 1. The lowest BCUT2D eigenvalue weighted by Gasteiger charge is -2.12. The number of hydrogen-bond donors (Lipinski definition) is 0. The van der Waals surface area contributed by atoms with Gasteiger partial charge in [0.25, 0.3) is 0 Å². The van der Waals surface area contributed by atoms with Crippen LogP contribution < -0.4 is 0 Å². The van der Waals surface area contributed by atoms with Crippen molar-refractivity contribution in [3.05, 3.63) is 71.1 Å². The van der Waals surface area contributed by atoms with Crippen molar-refractivity contribution in [3.8, 4) is 0 Å². The van der Waals surface area contributed by atoms with E-state index in [-0.39, 0.29) is 0 Å². The highest BCUT2D eigenvalue weighted by Gasteiger charge is 2.23. The van der Waals surface area contributed by atoms with Crippen molar-refractivity contribution >= 4 is 21.0 Å². The van der Waals surface area contributed by atoms with Gasteiger partial charge in [0.15, 0.2) is 9.84 Å². The molecule has 0 radical (unpaired) electrons. The van der Waals surface area contributed by atoms with Gasteiger partial charge in [-0.05, 0) is 53.8 Å². The third kappa shape index (κ3) is 3.01. The summed E-state index contributed by atoms with van der Waals surface area (Å²) in [5.41, 5.74) is 3.64. The lowest BCUT2D eigenvalue weighted by atomic mass is 9.95. The maximum atomic E-state index is 14.2. The first-order valence-corrected chi connectivity index (χ1v) is 9.18. The molecule has 24 heavy (non-hydrogen) atoms. The van der Waals surface area contributed by atoms with Crippen molar-refractivity contribution in [2.45, 2.75) is 18.2 Å². The second kappa shape index (κ2) is 5.94. The maximum Gasteiger partial charge on any atom is 0.181 e. The molecule has 0 N–H and O–H groups in total. The van der Waals surface area contributed by atoms with Crippen LogP contribution in [-0.2, 0) is 9.84 Å². The van der Waals surface area contributed by atoms with E-state index in [1.807, 2.05) is 25.1 Å². The molecule has 0 fully saturated rings. The van der Waals surface area contributed by atoms with Crippen LogP contribution in [-0.4, -0.2) is 19.7 Å². The van der Waals surface area contributed by atoms with Crippen molar-refractivity contribution in [2.24, 2.45) is 0 Å². The molecule has 1 heterocycles. The van der Waals surface area contributed by atoms with Crippen LogP contribution in [0.1, 0.15) is 23.1 Å². The molecular formula is C18H15F2NO2S. The molecule has 2 aromatic rings. The van der Waals surface area contributed by atoms with Crippen LogP contribution in [0.4, 0.5) is 8.78 Å². The second-order valence-corrected chi connectivity index (χ2v) is 7.72. The predicted molar refractivity (Wildman–Crippen MR) is 89.0 cm³/mol. The summed E-state index contributed by atoms with van der Waals surface area (Å²) >= 11 is 0. The minimum Gasteiger partial charge on any atom is -0.264 e. The van der Waals surface area contributed by atoms with E-state index in [9.17, 15) is 17.2 Å². The van der Waals surface area contributed by atoms with Gasteiger partial charge in [-0.3, -0.25) is 4.98 Å². The fourth-order valence-corrected chi connectivity index (χ4v) is 3.66. The number of rotatable bonds is 3. The molecule has 0 atom stereocenters. The van der Waals surface area contributed by atoms with E-state index in [1.54, 1.807) is 12.4 Å². The van der Waals surface area contributed by atoms with Crippen LogP contribution in [0.3, 0.4) is 0 Å². The van der Waals surface area contributed by atoms with Gasteiger partial charge in [0, 0.05) is 24.2 Å². The number of aromatic nitrogens is 1. The lowest BCUT2D eigenvalue weighted by Crippen LogP contribution is -2.05. The van der Waals surface area contributed by atoms with Crippen molar-refractivity contribution in [1.82, 2.24) is 4.98 Å². The zero-order valence-corrected chi connectivity index (χ0v) is 14.0. The molecule has 1 aromatic heterocycles. The van der Waals surface area contributed by atoms with Gasteiger partial charge in [0.05, 0.1) is 0 Å². The maximum absolute atomic E-state index is 14.2. The highest BCUT2D eigenvalue weighted by molar-refractivity contribution is 7.90. The van der Waals surface area contributed by atoms with E-state index in [2.05, 4.69) is 4.98 Å². The molecule has 0 unspecified atom stereocenters. The molecule has 0 saturated carbocycles. The molecule has 0 bridgehead atoms. The molecule has 1 aliphatic carbocycles. The Kier molecular flexibility index (Phi) is 4.09. The number of aryl methyl sites for hydroxylation is 1. The van der Waals surface area contributed by atoms with Gasteiger partial charge in [-0.15, -0.1) is 0 Å². The third-order valence-electron chi connectivity index (χ3n) is 3.80. The molecule has 3 rings (SSSR count). The van der Waals surface area contributed by atoms with Gasteiger partial charge in [-0.2, -0.15) is 0 Å². The van der Waals surface area contributed by atoms with Crippen molar-refractivity contribution in [2.75, 3.05) is 6.26 Å². The number of hydrogen-bond acceptors (Lipinski definition) is 3. The Balaban J connectivity index is 2.09. The Morgan fingerprint density at radius 1 is 0.958 bits per heavy atom. The smallest absolute Gasteiger partial charge is 0.181 e. The predicted octanol–water partition coefficient (Wildman–Crippen LogP) is 3.94. The van der Waals surface area contributed by atoms with Gasteiger partial charge in [0.2, 0.25) is 0 Å². The Morgan fingerprint density at radius 2 is 1.54 bits per heavy atom. The summed E-state index contributed by atoms with van der Waals surface area (Å²) in [6.07, 6.45) is 8.64. The highest BCUT2D eigenvalue weighted by Crippen LogP contribution is 2.37. The molecule has 0 amide bonds. The molecule has 0 saturated heterocycles. The second-order valence-electron chi connectivity index (χ2n) is 5.76. The van der Waals surface area contributed by atoms with Crippen molar-refractivity contribution < 1.29 is 17.2 Å². The van der Waals surface area contributed by atoms with Gasteiger partial charge in [0.1, 0.15) is 16.5 Å². The Labute approximate surface area is 139 Å². The highest BCUT2D eigenvalue weighted by atomic mass is 32.2. The van der Waals surface area contributed by atoms with Crippen LogP contribution in [0.15, 0.2) is 47.6 Å². The first-order chi connectivity index (χ1) is 11.3. The minimum atomic E-state index is -3.97. The van der Waals surface area contributed by atoms with E-state index in [0.29, 0.717) is 17.6 Å².